The number of ether oxygens (including phenoxy) is 1. The van der Waals surface area contributed by atoms with Crippen molar-refractivity contribution in [3.63, 3.8) is 0 Å². The summed E-state index contributed by atoms with van der Waals surface area (Å²) in [5, 5.41) is 10.5. The van der Waals surface area contributed by atoms with Crippen molar-refractivity contribution >= 4 is 23.5 Å². The summed E-state index contributed by atoms with van der Waals surface area (Å²) >= 11 is 0. The molecule has 2 heterocycles. The topological polar surface area (TPSA) is 97.6 Å². The normalized spacial score (nSPS) is 16.2. The summed E-state index contributed by atoms with van der Waals surface area (Å²) in [6.07, 6.45) is 0.281. The average molecular weight is 378 g/mol. The van der Waals surface area contributed by atoms with E-state index in [1.807, 2.05) is 30.3 Å². The van der Waals surface area contributed by atoms with E-state index in [4.69, 9.17) is 9.15 Å². The Kier molecular flexibility index (Phi) is 4.76. The molecule has 28 heavy (non-hydrogen) atoms. The minimum Gasteiger partial charge on any atom is -0.497 e. The number of hydrogen-bond donors (Lipinski definition) is 1. The second-order valence-corrected chi connectivity index (χ2v) is 6.37. The summed E-state index contributed by atoms with van der Waals surface area (Å²) in [7, 11) is 1.56. The summed E-state index contributed by atoms with van der Waals surface area (Å²) in [5.74, 6) is 0.402. The van der Waals surface area contributed by atoms with Gasteiger partial charge in [-0.15, -0.1) is 5.10 Å². The van der Waals surface area contributed by atoms with Gasteiger partial charge in [-0.3, -0.25) is 14.9 Å². The fourth-order valence-corrected chi connectivity index (χ4v) is 3.09. The van der Waals surface area contributed by atoms with Crippen LogP contribution in [0.4, 0.5) is 11.7 Å². The molecule has 1 N–H and O–H groups in total. The number of anilines is 2. The van der Waals surface area contributed by atoms with Crippen LogP contribution in [0.2, 0.25) is 0 Å². The van der Waals surface area contributed by atoms with Gasteiger partial charge in [0.05, 0.1) is 13.0 Å². The molecule has 4 rings (SSSR count). The highest BCUT2D eigenvalue weighted by Gasteiger charge is 2.35. The molecule has 8 heteroatoms. The highest BCUT2D eigenvalue weighted by Crippen LogP contribution is 2.31. The van der Waals surface area contributed by atoms with Gasteiger partial charge in [-0.05, 0) is 36.4 Å². The van der Waals surface area contributed by atoms with Crippen LogP contribution < -0.4 is 15.0 Å². The maximum atomic E-state index is 12.3. The van der Waals surface area contributed by atoms with Gasteiger partial charge in [0.25, 0.3) is 5.91 Å². The van der Waals surface area contributed by atoms with Crippen molar-refractivity contribution in [2.24, 2.45) is 0 Å². The van der Waals surface area contributed by atoms with E-state index in [0.717, 1.165) is 5.69 Å². The third kappa shape index (κ3) is 3.57. The molecule has 0 aliphatic carbocycles. The molecule has 0 bridgehead atoms. The van der Waals surface area contributed by atoms with Crippen molar-refractivity contribution in [3.8, 4) is 5.75 Å². The maximum absolute atomic E-state index is 12.3. The van der Waals surface area contributed by atoms with E-state index < -0.39 is 0 Å². The van der Waals surface area contributed by atoms with Crippen LogP contribution >= 0.6 is 0 Å². The molecule has 1 aliphatic rings. The smallest absolute Gasteiger partial charge is 0.322 e. The van der Waals surface area contributed by atoms with E-state index in [1.165, 1.54) is 0 Å². The quantitative estimate of drug-likeness (QED) is 0.733. The highest BCUT2D eigenvalue weighted by atomic mass is 16.5. The zero-order valence-corrected chi connectivity index (χ0v) is 15.2. The zero-order valence-electron chi connectivity index (χ0n) is 15.2. The van der Waals surface area contributed by atoms with Crippen molar-refractivity contribution in [1.82, 2.24) is 10.2 Å². The number of rotatable bonds is 5. The van der Waals surface area contributed by atoms with E-state index in [-0.39, 0.29) is 30.2 Å². The summed E-state index contributed by atoms with van der Waals surface area (Å²) in [4.78, 5) is 26.3. The molecule has 0 radical (unpaired) electrons. The van der Waals surface area contributed by atoms with Crippen LogP contribution in [0.5, 0.6) is 5.75 Å². The van der Waals surface area contributed by atoms with Gasteiger partial charge in [0.2, 0.25) is 11.8 Å². The molecule has 1 atom stereocenters. The van der Waals surface area contributed by atoms with Crippen LogP contribution in [0.3, 0.4) is 0 Å². The van der Waals surface area contributed by atoms with Crippen LogP contribution in [0.25, 0.3) is 0 Å². The second-order valence-electron chi connectivity index (χ2n) is 6.37. The van der Waals surface area contributed by atoms with Crippen molar-refractivity contribution in [3.05, 3.63) is 66.1 Å². The lowest BCUT2D eigenvalue weighted by Gasteiger charge is -2.15. The second kappa shape index (κ2) is 7.51. The molecule has 1 aromatic heterocycles. The summed E-state index contributed by atoms with van der Waals surface area (Å²) < 4.78 is 10.7. The SMILES string of the molecule is COc1ccc(C(=O)Nc2nnc(C3CC(=O)N(c4ccccc4)C3)o2)cc1. The van der Waals surface area contributed by atoms with Crippen LogP contribution in [-0.2, 0) is 4.79 Å². The Balaban J connectivity index is 1.43. The number of para-hydroxylation sites is 1. The minimum absolute atomic E-state index is 0.00132. The molecule has 1 fully saturated rings. The number of nitrogens with one attached hydrogen (secondary N) is 1. The number of amides is 2. The lowest BCUT2D eigenvalue weighted by atomic mass is 10.1. The van der Waals surface area contributed by atoms with Gasteiger partial charge in [-0.25, -0.2) is 0 Å². The Labute approximate surface area is 161 Å². The van der Waals surface area contributed by atoms with Crippen LogP contribution in [-0.4, -0.2) is 35.7 Å². The Hall–Kier alpha value is -3.68. The van der Waals surface area contributed by atoms with Crippen LogP contribution in [0.15, 0.2) is 59.0 Å². The number of carbonyl (C=O) groups excluding carboxylic acids is 2. The van der Waals surface area contributed by atoms with E-state index in [1.54, 1.807) is 36.3 Å². The van der Waals surface area contributed by atoms with Gasteiger partial charge in [0.15, 0.2) is 0 Å². The largest absolute Gasteiger partial charge is 0.497 e. The molecule has 2 aromatic carbocycles. The Bertz CT molecular complexity index is 985. The van der Waals surface area contributed by atoms with Crippen molar-refractivity contribution in [2.75, 3.05) is 23.9 Å². The van der Waals surface area contributed by atoms with Gasteiger partial charge in [-0.2, -0.15) is 0 Å². The van der Waals surface area contributed by atoms with Crippen LogP contribution in [0.1, 0.15) is 28.6 Å². The molecule has 8 nitrogen and oxygen atoms in total. The molecule has 1 unspecified atom stereocenters. The van der Waals surface area contributed by atoms with Crippen molar-refractivity contribution < 1.29 is 18.7 Å². The van der Waals surface area contributed by atoms with E-state index in [2.05, 4.69) is 15.5 Å². The fourth-order valence-electron chi connectivity index (χ4n) is 3.09. The third-order valence-corrected chi connectivity index (χ3v) is 4.56. The zero-order chi connectivity index (χ0) is 19.5. The van der Waals surface area contributed by atoms with Gasteiger partial charge >= 0.3 is 6.01 Å². The minimum atomic E-state index is -0.369. The first kappa shape index (κ1) is 17.7. The highest BCUT2D eigenvalue weighted by molar-refractivity contribution is 6.03. The van der Waals surface area contributed by atoms with Gasteiger partial charge in [0, 0.05) is 24.2 Å². The predicted octanol–water partition coefficient (Wildman–Crippen LogP) is 2.85. The Morgan fingerprint density at radius 1 is 1.14 bits per heavy atom. The van der Waals surface area contributed by atoms with Crippen molar-refractivity contribution in [2.45, 2.75) is 12.3 Å². The molecule has 142 valence electrons. The molecular formula is C20H18N4O4. The molecule has 1 saturated heterocycles. The lowest BCUT2D eigenvalue weighted by molar-refractivity contribution is -0.117. The first-order valence-electron chi connectivity index (χ1n) is 8.78. The monoisotopic (exact) mass is 378 g/mol. The number of aromatic nitrogens is 2. The molecule has 2 amide bonds. The first-order chi connectivity index (χ1) is 13.6. The molecule has 1 aliphatic heterocycles. The Morgan fingerprint density at radius 2 is 1.89 bits per heavy atom. The lowest BCUT2D eigenvalue weighted by Crippen LogP contribution is -2.24. The Morgan fingerprint density at radius 3 is 2.61 bits per heavy atom. The molecule has 3 aromatic rings. The number of nitrogens with zero attached hydrogens (tertiary/aromatic N) is 3. The van der Waals surface area contributed by atoms with Gasteiger partial charge in [0.1, 0.15) is 5.75 Å². The average Bonchev–Trinajstić information content (AvgIpc) is 3.35. The molecule has 0 saturated carbocycles. The molecular weight excluding hydrogens is 360 g/mol. The van der Waals surface area contributed by atoms with Crippen LogP contribution in [0, 0.1) is 0 Å². The summed E-state index contributed by atoms with van der Waals surface area (Å²) in [6.45, 7) is 0.455. The number of carbonyl (C=O) groups is 2. The van der Waals surface area contributed by atoms with E-state index >= 15 is 0 Å². The predicted molar refractivity (Wildman–Crippen MR) is 101 cm³/mol. The van der Waals surface area contributed by atoms with E-state index in [0.29, 0.717) is 23.7 Å². The van der Waals surface area contributed by atoms with Gasteiger partial charge < -0.3 is 14.1 Å². The fraction of sp³-hybridized carbons (Fsp3) is 0.200. The van der Waals surface area contributed by atoms with Crippen molar-refractivity contribution in [1.29, 1.82) is 0 Å². The number of benzene rings is 2. The summed E-state index contributed by atoms with van der Waals surface area (Å²) in [5.41, 5.74) is 1.27. The standard InChI is InChI=1S/C20H18N4O4/c1-27-16-9-7-13(8-10-16)18(26)21-20-23-22-19(28-20)14-11-17(25)24(12-14)15-5-3-2-4-6-15/h2-10,14H,11-12H2,1H3,(H,21,23,26). The maximum Gasteiger partial charge on any atom is 0.322 e. The number of hydrogen-bond acceptors (Lipinski definition) is 6. The first-order valence-corrected chi connectivity index (χ1v) is 8.78. The van der Waals surface area contributed by atoms with E-state index in [9.17, 15) is 9.59 Å². The third-order valence-electron chi connectivity index (χ3n) is 4.56. The summed E-state index contributed by atoms with van der Waals surface area (Å²) in [6, 6.07) is 16.1. The number of methoxy groups -OCH3 is 1. The van der Waals surface area contributed by atoms with Gasteiger partial charge in [-0.1, -0.05) is 23.3 Å². The molecule has 0 spiro atoms.